The van der Waals surface area contributed by atoms with Crippen molar-refractivity contribution in [2.75, 3.05) is 13.1 Å². The molecule has 5 heteroatoms. The van der Waals surface area contributed by atoms with Gasteiger partial charge >= 0.3 is 0 Å². The summed E-state index contributed by atoms with van der Waals surface area (Å²) in [5.41, 5.74) is 1.87. The van der Waals surface area contributed by atoms with Crippen molar-refractivity contribution in [1.82, 2.24) is 20.2 Å². The van der Waals surface area contributed by atoms with E-state index in [1.54, 1.807) is 12.5 Å². The zero-order chi connectivity index (χ0) is 14.5. The zero-order valence-electron chi connectivity index (χ0n) is 12.0. The molecule has 2 aromatic rings. The maximum absolute atomic E-state index is 12.1. The third-order valence-corrected chi connectivity index (χ3v) is 3.81. The third kappa shape index (κ3) is 3.70. The van der Waals surface area contributed by atoms with Crippen LogP contribution in [0.2, 0.25) is 0 Å². The molecule has 0 bridgehead atoms. The average Bonchev–Trinajstić information content (AvgIpc) is 3.19. The molecule has 2 N–H and O–H groups in total. The normalized spacial score (nSPS) is 17.8. The highest BCUT2D eigenvalue weighted by Crippen LogP contribution is 2.07. The topological polar surface area (TPSA) is 59.0 Å². The molecule has 1 fully saturated rings. The van der Waals surface area contributed by atoms with Crippen molar-refractivity contribution >= 4 is 5.91 Å². The second-order valence-electron chi connectivity index (χ2n) is 5.44. The van der Waals surface area contributed by atoms with Gasteiger partial charge in [-0.1, -0.05) is 12.1 Å². The number of imidazole rings is 1. The van der Waals surface area contributed by atoms with Crippen LogP contribution in [0.4, 0.5) is 0 Å². The predicted octanol–water partition coefficient (Wildman–Crippen LogP) is 1.41. The molecular formula is C16H20N4O. The fraction of sp³-hybridized carbons (Fsp3) is 0.375. The summed E-state index contributed by atoms with van der Waals surface area (Å²) < 4.78 is 2.00. The van der Waals surface area contributed by atoms with Gasteiger partial charge in [-0.3, -0.25) is 4.79 Å². The highest BCUT2D eigenvalue weighted by Gasteiger charge is 2.15. The smallest absolute Gasteiger partial charge is 0.251 e. The second-order valence-corrected chi connectivity index (χ2v) is 5.44. The van der Waals surface area contributed by atoms with Gasteiger partial charge in [0.25, 0.3) is 5.91 Å². The molecule has 1 aromatic heterocycles. The van der Waals surface area contributed by atoms with Crippen molar-refractivity contribution in [1.29, 1.82) is 0 Å². The van der Waals surface area contributed by atoms with Crippen molar-refractivity contribution in [3.05, 3.63) is 54.1 Å². The van der Waals surface area contributed by atoms with Crippen LogP contribution in [-0.2, 0) is 6.54 Å². The summed E-state index contributed by atoms with van der Waals surface area (Å²) in [5.74, 6) is -0.00196. The fourth-order valence-electron chi connectivity index (χ4n) is 2.60. The quantitative estimate of drug-likeness (QED) is 0.873. The van der Waals surface area contributed by atoms with Crippen LogP contribution in [0.15, 0.2) is 43.0 Å². The number of hydrogen-bond donors (Lipinski definition) is 2. The van der Waals surface area contributed by atoms with Gasteiger partial charge in [0, 0.05) is 37.1 Å². The van der Waals surface area contributed by atoms with Crippen molar-refractivity contribution in [2.45, 2.75) is 25.4 Å². The standard InChI is InChI=1S/C16H20N4O/c21-16(19-10-15-2-1-7-18-15)14-5-3-13(4-6-14)11-20-9-8-17-12-20/h3-6,8-9,12,15,18H,1-2,7,10-11H2,(H,19,21). The molecule has 1 atom stereocenters. The summed E-state index contributed by atoms with van der Waals surface area (Å²) in [6.45, 7) is 2.53. The molecule has 3 rings (SSSR count). The first kappa shape index (κ1) is 13.8. The largest absolute Gasteiger partial charge is 0.350 e. The number of nitrogens with one attached hydrogen (secondary N) is 2. The molecule has 1 amide bonds. The van der Waals surface area contributed by atoms with Gasteiger partial charge in [-0.15, -0.1) is 0 Å². The van der Waals surface area contributed by atoms with Crippen LogP contribution in [-0.4, -0.2) is 34.6 Å². The Morgan fingerprint density at radius 3 is 2.90 bits per heavy atom. The number of amides is 1. The van der Waals surface area contributed by atoms with E-state index in [-0.39, 0.29) is 5.91 Å². The van der Waals surface area contributed by atoms with Crippen molar-refractivity contribution in [2.24, 2.45) is 0 Å². The van der Waals surface area contributed by atoms with Crippen LogP contribution in [0.25, 0.3) is 0 Å². The summed E-state index contributed by atoms with van der Waals surface area (Å²) >= 11 is 0. The van der Waals surface area contributed by atoms with Crippen LogP contribution in [0.1, 0.15) is 28.8 Å². The molecule has 0 radical (unpaired) electrons. The van der Waals surface area contributed by atoms with Gasteiger partial charge in [0.2, 0.25) is 0 Å². The maximum Gasteiger partial charge on any atom is 0.251 e. The first-order valence-electron chi connectivity index (χ1n) is 7.37. The Morgan fingerprint density at radius 2 is 2.24 bits per heavy atom. The van der Waals surface area contributed by atoms with Crippen LogP contribution < -0.4 is 10.6 Å². The van der Waals surface area contributed by atoms with E-state index in [2.05, 4.69) is 15.6 Å². The SMILES string of the molecule is O=C(NCC1CCCN1)c1ccc(Cn2ccnc2)cc1. The number of hydrogen-bond acceptors (Lipinski definition) is 3. The number of benzene rings is 1. The Bertz CT molecular complexity index is 571. The molecule has 0 spiro atoms. The summed E-state index contributed by atoms with van der Waals surface area (Å²) in [4.78, 5) is 16.1. The van der Waals surface area contributed by atoms with Gasteiger partial charge in [-0.05, 0) is 37.1 Å². The molecule has 2 heterocycles. The van der Waals surface area contributed by atoms with E-state index in [0.29, 0.717) is 18.2 Å². The average molecular weight is 284 g/mol. The molecule has 0 saturated carbocycles. The van der Waals surface area contributed by atoms with Gasteiger partial charge in [0.15, 0.2) is 0 Å². The van der Waals surface area contributed by atoms with Crippen LogP contribution in [0.3, 0.4) is 0 Å². The van der Waals surface area contributed by atoms with Crippen LogP contribution >= 0.6 is 0 Å². The highest BCUT2D eigenvalue weighted by atomic mass is 16.1. The number of aromatic nitrogens is 2. The summed E-state index contributed by atoms with van der Waals surface area (Å²) in [7, 11) is 0. The van der Waals surface area contributed by atoms with Gasteiger partial charge in [-0.25, -0.2) is 4.98 Å². The van der Waals surface area contributed by atoms with E-state index in [4.69, 9.17) is 0 Å². The van der Waals surface area contributed by atoms with Gasteiger partial charge in [0.05, 0.1) is 6.33 Å². The summed E-state index contributed by atoms with van der Waals surface area (Å²) in [6.07, 6.45) is 7.82. The van der Waals surface area contributed by atoms with Crippen molar-refractivity contribution < 1.29 is 4.79 Å². The Kier molecular flexibility index (Phi) is 4.31. The number of nitrogens with zero attached hydrogens (tertiary/aromatic N) is 2. The highest BCUT2D eigenvalue weighted by molar-refractivity contribution is 5.94. The molecular weight excluding hydrogens is 264 g/mol. The molecule has 5 nitrogen and oxygen atoms in total. The Balaban J connectivity index is 1.54. The molecule has 0 aliphatic carbocycles. The van der Waals surface area contributed by atoms with E-state index in [9.17, 15) is 4.79 Å². The minimum absolute atomic E-state index is 0.00196. The van der Waals surface area contributed by atoms with Crippen LogP contribution in [0.5, 0.6) is 0 Å². The maximum atomic E-state index is 12.1. The lowest BCUT2D eigenvalue weighted by atomic mass is 10.1. The van der Waals surface area contributed by atoms with E-state index >= 15 is 0 Å². The van der Waals surface area contributed by atoms with E-state index in [1.807, 2.05) is 35.0 Å². The Morgan fingerprint density at radius 1 is 1.38 bits per heavy atom. The second kappa shape index (κ2) is 6.54. The van der Waals surface area contributed by atoms with Gasteiger partial charge in [-0.2, -0.15) is 0 Å². The molecule has 1 saturated heterocycles. The third-order valence-electron chi connectivity index (χ3n) is 3.81. The van der Waals surface area contributed by atoms with E-state index in [1.165, 1.54) is 6.42 Å². The first-order valence-corrected chi connectivity index (χ1v) is 7.37. The Labute approximate surface area is 124 Å². The molecule has 21 heavy (non-hydrogen) atoms. The number of carbonyl (C=O) groups is 1. The minimum Gasteiger partial charge on any atom is -0.350 e. The molecule has 1 aliphatic heterocycles. The molecule has 1 unspecified atom stereocenters. The monoisotopic (exact) mass is 284 g/mol. The summed E-state index contributed by atoms with van der Waals surface area (Å²) in [5, 5.41) is 6.36. The zero-order valence-corrected chi connectivity index (χ0v) is 12.0. The predicted molar refractivity (Wildman–Crippen MR) is 81.1 cm³/mol. The summed E-state index contributed by atoms with van der Waals surface area (Å²) in [6, 6.07) is 8.16. The minimum atomic E-state index is -0.00196. The molecule has 1 aliphatic rings. The van der Waals surface area contributed by atoms with E-state index in [0.717, 1.165) is 25.1 Å². The van der Waals surface area contributed by atoms with Crippen molar-refractivity contribution in [3.63, 3.8) is 0 Å². The van der Waals surface area contributed by atoms with Gasteiger partial charge in [0.1, 0.15) is 0 Å². The first-order chi connectivity index (χ1) is 10.3. The molecule has 110 valence electrons. The Hall–Kier alpha value is -2.14. The number of rotatable bonds is 5. The number of carbonyl (C=O) groups excluding carboxylic acids is 1. The van der Waals surface area contributed by atoms with Crippen molar-refractivity contribution in [3.8, 4) is 0 Å². The van der Waals surface area contributed by atoms with Gasteiger partial charge < -0.3 is 15.2 Å². The molecule has 1 aromatic carbocycles. The lowest BCUT2D eigenvalue weighted by molar-refractivity contribution is 0.0950. The fourth-order valence-corrected chi connectivity index (χ4v) is 2.60. The van der Waals surface area contributed by atoms with Crippen LogP contribution in [0, 0.1) is 0 Å². The lowest BCUT2D eigenvalue weighted by Crippen LogP contribution is -2.37. The van der Waals surface area contributed by atoms with E-state index < -0.39 is 0 Å². The lowest BCUT2D eigenvalue weighted by Gasteiger charge is -2.11.